The van der Waals surface area contributed by atoms with Gasteiger partial charge in [0.2, 0.25) is 0 Å². The third kappa shape index (κ3) is 5.65. The van der Waals surface area contributed by atoms with E-state index in [-0.39, 0.29) is 6.61 Å². The minimum atomic E-state index is -1.31. The molecule has 0 radical (unpaired) electrons. The number of hydrogen-bond donors (Lipinski definition) is 3. The smallest absolute Gasteiger partial charge is 0.339 e. The van der Waals surface area contributed by atoms with Crippen molar-refractivity contribution in [3.8, 4) is 5.75 Å². The van der Waals surface area contributed by atoms with Crippen molar-refractivity contribution in [2.45, 2.75) is 38.4 Å². The van der Waals surface area contributed by atoms with Crippen molar-refractivity contribution < 1.29 is 19.4 Å². The third-order valence-electron chi connectivity index (χ3n) is 3.46. The number of aliphatic hydroxyl groups is 1. The predicted molar refractivity (Wildman–Crippen MR) is 95.1 cm³/mol. The molecule has 2 rings (SSSR count). The van der Waals surface area contributed by atoms with Crippen LogP contribution in [0, 0.1) is 0 Å². The van der Waals surface area contributed by atoms with Crippen LogP contribution in [0.5, 0.6) is 5.75 Å². The van der Waals surface area contributed by atoms with Gasteiger partial charge in [-0.15, -0.1) is 0 Å². The summed E-state index contributed by atoms with van der Waals surface area (Å²) < 4.78 is 10.6. The number of nitrogens with one attached hydrogen (secondary N) is 2. The maximum atomic E-state index is 11.7. The van der Waals surface area contributed by atoms with Crippen molar-refractivity contribution in [2.24, 2.45) is 0 Å². The summed E-state index contributed by atoms with van der Waals surface area (Å²) >= 11 is 5.04. The van der Waals surface area contributed by atoms with Crippen LogP contribution in [-0.4, -0.2) is 47.6 Å². The predicted octanol–water partition coefficient (Wildman–Crippen LogP) is 1.33. The summed E-state index contributed by atoms with van der Waals surface area (Å²) in [7, 11) is 0. The van der Waals surface area contributed by atoms with Gasteiger partial charge < -0.3 is 25.2 Å². The van der Waals surface area contributed by atoms with Crippen molar-refractivity contribution >= 4 is 23.3 Å². The second-order valence-corrected chi connectivity index (χ2v) is 7.13. The van der Waals surface area contributed by atoms with Gasteiger partial charge in [0.1, 0.15) is 18.0 Å². The summed E-state index contributed by atoms with van der Waals surface area (Å²) in [5.74, 6) is 0.237. The number of aliphatic hydroxyl groups excluding tert-OH is 1. The molecule has 0 bridgehead atoms. The topological polar surface area (TPSA) is 79.8 Å². The van der Waals surface area contributed by atoms with Gasteiger partial charge in [-0.05, 0) is 50.7 Å². The number of rotatable bonds is 5. The highest BCUT2D eigenvalue weighted by atomic mass is 32.1. The van der Waals surface area contributed by atoms with Crippen molar-refractivity contribution in [3.63, 3.8) is 0 Å². The molecule has 132 valence electrons. The molecule has 1 atom stereocenters. The largest absolute Gasteiger partial charge is 0.490 e. The molecular formula is C17H24N2O4S. The molecule has 3 N–H and O–H groups in total. The van der Waals surface area contributed by atoms with Gasteiger partial charge in [0.05, 0.1) is 0 Å². The lowest BCUT2D eigenvalue weighted by atomic mass is 9.98. The third-order valence-corrected chi connectivity index (χ3v) is 3.74. The first-order valence-corrected chi connectivity index (χ1v) is 8.31. The molecule has 1 aromatic rings. The van der Waals surface area contributed by atoms with Crippen LogP contribution in [0.25, 0.3) is 0 Å². The van der Waals surface area contributed by atoms with Crippen molar-refractivity contribution in [2.75, 3.05) is 19.7 Å². The van der Waals surface area contributed by atoms with E-state index >= 15 is 0 Å². The molecule has 0 unspecified atom stereocenters. The van der Waals surface area contributed by atoms with Gasteiger partial charge >= 0.3 is 5.97 Å². The summed E-state index contributed by atoms with van der Waals surface area (Å²) in [6, 6.07) is 7.59. The molecule has 1 aromatic carbocycles. The zero-order chi connectivity index (χ0) is 17.7. The van der Waals surface area contributed by atoms with E-state index in [9.17, 15) is 9.90 Å². The van der Waals surface area contributed by atoms with E-state index in [0.29, 0.717) is 16.8 Å². The van der Waals surface area contributed by atoms with Crippen LogP contribution < -0.4 is 15.4 Å². The Kier molecular flexibility index (Phi) is 6.01. The van der Waals surface area contributed by atoms with E-state index in [1.54, 1.807) is 20.8 Å². The Morgan fingerprint density at radius 2 is 1.88 bits per heavy atom. The lowest BCUT2D eigenvalue weighted by Crippen LogP contribution is -2.46. The average molecular weight is 352 g/mol. The second kappa shape index (κ2) is 7.81. The number of esters is 1. The average Bonchev–Trinajstić information content (AvgIpc) is 2.52. The van der Waals surface area contributed by atoms with Gasteiger partial charge in [-0.1, -0.05) is 12.1 Å². The van der Waals surface area contributed by atoms with Crippen molar-refractivity contribution in [1.82, 2.24) is 10.6 Å². The first kappa shape index (κ1) is 18.5. The zero-order valence-electron chi connectivity index (χ0n) is 14.2. The van der Waals surface area contributed by atoms with E-state index in [1.165, 1.54) is 0 Å². The molecule has 0 spiro atoms. The monoisotopic (exact) mass is 352 g/mol. The van der Waals surface area contributed by atoms with Gasteiger partial charge in [-0.25, -0.2) is 4.79 Å². The number of thiocarbonyl (C=S) groups is 1. The van der Waals surface area contributed by atoms with Crippen LogP contribution in [0.2, 0.25) is 0 Å². The Hall–Kier alpha value is -1.86. The summed E-state index contributed by atoms with van der Waals surface area (Å²) in [5.41, 5.74) is 0.530. The molecule has 1 fully saturated rings. The Balaban J connectivity index is 1.83. The second-order valence-electron chi connectivity index (χ2n) is 6.72. The molecule has 6 nitrogen and oxygen atoms in total. The lowest BCUT2D eigenvalue weighted by Gasteiger charge is -2.26. The fourth-order valence-corrected chi connectivity index (χ4v) is 2.42. The first-order valence-electron chi connectivity index (χ1n) is 7.90. The quantitative estimate of drug-likeness (QED) is 0.545. The number of ether oxygens (including phenoxy) is 2. The Morgan fingerprint density at radius 1 is 1.29 bits per heavy atom. The Morgan fingerprint density at radius 3 is 2.42 bits per heavy atom. The van der Waals surface area contributed by atoms with Crippen LogP contribution in [0.15, 0.2) is 24.3 Å². The van der Waals surface area contributed by atoms with Crippen LogP contribution >= 0.6 is 12.2 Å². The van der Waals surface area contributed by atoms with Gasteiger partial charge in [-0.3, -0.25) is 0 Å². The lowest BCUT2D eigenvalue weighted by molar-refractivity contribution is -0.166. The minimum absolute atomic E-state index is 0.144. The van der Waals surface area contributed by atoms with Gasteiger partial charge in [-0.2, -0.15) is 0 Å². The molecule has 1 heterocycles. The highest BCUT2D eigenvalue weighted by Gasteiger charge is 2.24. The number of benzene rings is 1. The Bertz CT molecular complexity index is 573. The van der Waals surface area contributed by atoms with Gasteiger partial charge in [0, 0.05) is 19.0 Å². The summed E-state index contributed by atoms with van der Waals surface area (Å²) in [5, 5.41) is 16.7. The molecule has 0 aliphatic carbocycles. The molecule has 1 saturated heterocycles. The zero-order valence-corrected chi connectivity index (χ0v) is 15.0. The number of carbonyl (C=O) groups is 1. The van der Waals surface area contributed by atoms with E-state index in [2.05, 4.69) is 10.6 Å². The molecule has 7 heteroatoms. The SMILES string of the molecule is CC(C)(C)OC(=O)[C@H](O)COc1ccc(C2CNC(=S)NC2)cc1. The van der Waals surface area contributed by atoms with Gasteiger partial charge in [0.25, 0.3) is 0 Å². The van der Waals surface area contributed by atoms with E-state index in [0.717, 1.165) is 18.7 Å². The number of hydrogen-bond acceptors (Lipinski definition) is 5. The molecule has 0 saturated carbocycles. The van der Waals surface area contributed by atoms with Crippen molar-refractivity contribution in [1.29, 1.82) is 0 Å². The molecule has 24 heavy (non-hydrogen) atoms. The normalized spacial score (nSPS) is 16.8. The number of carbonyl (C=O) groups excluding carboxylic acids is 1. The van der Waals surface area contributed by atoms with E-state index in [1.807, 2.05) is 24.3 Å². The maximum absolute atomic E-state index is 11.7. The summed E-state index contributed by atoms with van der Waals surface area (Å²) in [6.07, 6.45) is -1.31. The fourth-order valence-electron chi connectivity index (χ4n) is 2.25. The van der Waals surface area contributed by atoms with Crippen LogP contribution in [0.1, 0.15) is 32.3 Å². The molecule has 1 aliphatic rings. The van der Waals surface area contributed by atoms with E-state index in [4.69, 9.17) is 21.7 Å². The van der Waals surface area contributed by atoms with Crippen LogP contribution in [-0.2, 0) is 9.53 Å². The van der Waals surface area contributed by atoms with E-state index < -0.39 is 17.7 Å². The summed E-state index contributed by atoms with van der Waals surface area (Å²) in [4.78, 5) is 11.7. The maximum Gasteiger partial charge on any atom is 0.339 e. The first-order chi connectivity index (χ1) is 11.2. The fraction of sp³-hybridized carbons (Fsp3) is 0.529. The van der Waals surface area contributed by atoms with Crippen LogP contribution in [0.4, 0.5) is 0 Å². The molecule has 1 aliphatic heterocycles. The molecule has 0 amide bonds. The summed E-state index contributed by atoms with van der Waals surface area (Å²) in [6.45, 7) is 6.69. The molecule has 0 aromatic heterocycles. The minimum Gasteiger partial charge on any atom is -0.490 e. The van der Waals surface area contributed by atoms with Crippen LogP contribution in [0.3, 0.4) is 0 Å². The Labute approximate surface area is 147 Å². The van der Waals surface area contributed by atoms with Crippen molar-refractivity contribution in [3.05, 3.63) is 29.8 Å². The molecular weight excluding hydrogens is 328 g/mol. The van der Waals surface area contributed by atoms with Gasteiger partial charge in [0.15, 0.2) is 11.2 Å². The highest BCUT2D eigenvalue weighted by molar-refractivity contribution is 7.80. The highest BCUT2D eigenvalue weighted by Crippen LogP contribution is 2.20. The standard InChI is InChI=1S/C17H24N2O4S/c1-17(2,3)23-15(21)14(20)10-22-13-6-4-11(5-7-13)12-8-18-16(24)19-9-12/h4-7,12,14,20H,8-10H2,1-3H3,(H2,18,19,24)/t14-/m1/s1.